The molecule has 0 amide bonds. The van der Waals surface area contributed by atoms with Crippen molar-refractivity contribution in [3.05, 3.63) is 34.9 Å². The summed E-state index contributed by atoms with van der Waals surface area (Å²) in [5.41, 5.74) is 1.25. The smallest absolute Gasteiger partial charge is 0.0658 e. The average molecular weight is 167 g/mol. The topological polar surface area (TPSA) is 12.0 Å². The molecule has 1 heterocycles. The Balaban J connectivity index is 2.77. The Bertz CT molecular complexity index is 192. The molecule has 1 N–H and O–H groups in total. The first kappa shape index (κ1) is 8.47. The molecular weight excluding hydrogens is 154 g/mol. The fourth-order valence-corrected chi connectivity index (χ4v) is 1.86. The summed E-state index contributed by atoms with van der Waals surface area (Å²) in [5.74, 6) is 0.999. The van der Waals surface area contributed by atoms with Gasteiger partial charge in [0, 0.05) is 10.6 Å². The van der Waals surface area contributed by atoms with Gasteiger partial charge in [-0.1, -0.05) is 18.2 Å². The first-order chi connectivity index (χ1) is 5.38. The lowest BCUT2D eigenvalue weighted by Gasteiger charge is -1.94. The van der Waals surface area contributed by atoms with Crippen LogP contribution in [-0.2, 0) is 0 Å². The van der Waals surface area contributed by atoms with Crippen LogP contribution in [-0.4, -0.2) is 5.88 Å². The molecule has 0 fully saturated rings. The van der Waals surface area contributed by atoms with E-state index in [0.717, 1.165) is 5.88 Å². The van der Waals surface area contributed by atoms with Crippen molar-refractivity contribution in [2.24, 2.45) is 0 Å². The standard InChI is InChI=1S/C9H13NS/c1-3-5-8-9(6-4-2)11-7-10-8/h3-6,10H,7H2,1-2H3/b5-3-,6-4-. The fourth-order valence-electron chi connectivity index (χ4n) is 0.953. The van der Waals surface area contributed by atoms with Gasteiger partial charge in [-0.05, 0) is 19.9 Å². The van der Waals surface area contributed by atoms with E-state index in [1.165, 1.54) is 10.6 Å². The van der Waals surface area contributed by atoms with Gasteiger partial charge < -0.3 is 5.32 Å². The van der Waals surface area contributed by atoms with Crippen molar-refractivity contribution >= 4 is 11.8 Å². The Morgan fingerprint density at radius 3 is 2.64 bits per heavy atom. The summed E-state index contributed by atoms with van der Waals surface area (Å²) in [6, 6.07) is 0. The van der Waals surface area contributed by atoms with Gasteiger partial charge in [-0.3, -0.25) is 0 Å². The van der Waals surface area contributed by atoms with Crippen molar-refractivity contribution < 1.29 is 0 Å². The molecule has 0 saturated carbocycles. The van der Waals surface area contributed by atoms with Crippen LogP contribution in [0.1, 0.15) is 13.8 Å². The van der Waals surface area contributed by atoms with Crippen molar-refractivity contribution in [1.29, 1.82) is 0 Å². The first-order valence-corrected chi connectivity index (χ1v) is 4.73. The number of hydrogen-bond donors (Lipinski definition) is 1. The summed E-state index contributed by atoms with van der Waals surface area (Å²) in [7, 11) is 0. The molecule has 0 aliphatic carbocycles. The minimum Gasteiger partial charge on any atom is -0.375 e. The maximum Gasteiger partial charge on any atom is 0.0658 e. The quantitative estimate of drug-likeness (QED) is 0.678. The second-order valence-corrected chi connectivity index (χ2v) is 3.26. The molecule has 0 aromatic carbocycles. The van der Waals surface area contributed by atoms with Gasteiger partial charge in [-0.25, -0.2) is 0 Å². The van der Waals surface area contributed by atoms with Crippen LogP contribution < -0.4 is 5.32 Å². The van der Waals surface area contributed by atoms with Crippen LogP contribution in [0.15, 0.2) is 34.9 Å². The van der Waals surface area contributed by atoms with Gasteiger partial charge in [0.1, 0.15) is 0 Å². The minimum absolute atomic E-state index is 0.999. The third-order valence-electron chi connectivity index (χ3n) is 1.41. The van der Waals surface area contributed by atoms with Crippen molar-refractivity contribution in [2.45, 2.75) is 13.8 Å². The molecule has 11 heavy (non-hydrogen) atoms. The van der Waals surface area contributed by atoms with Crippen molar-refractivity contribution in [3.8, 4) is 0 Å². The van der Waals surface area contributed by atoms with Gasteiger partial charge in [-0.15, -0.1) is 11.8 Å². The molecule has 0 atom stereocenters. The number of thioether (sulfide) groups is 1. The zero-order valence-electron chi connectivity index (χ0n) is 6.92. The predicted octanol–water partition coefficient (Wildman–Crippen LogP) is 2.64. The molecule has 0 spiro atoms. The molecule has 1 aliphatic rings. The van der Waals surface area contributed by atoms with Gasteiger partial charge >= 0.3 is 0 Å². The zero-order chi connectivity index (χ0) is 8.10. The molecule has 2 heteroatoms. The Labute approximate surface area is 72.3 Å². The summed E-state index contributed by atoms with van der Waals surface area (Å²) >= 11 is 1.85. The van der Waals surface area contributed by atoms with Crippen LogP contribution in [0, 0.1) is 0 Å². The predicted molar refractivity (Wildman–Crippen MR) is 52.2 cm³/mol. The third kappa shape index (κ3) is 2.15. The van der Waals surface area contributed by atoms with E-state index in [4.69, 9.17) is 0 Å². The summed E-state index contributed by atoms with van der Waals surface area (Å²) in [6.07, 6.45) is 8.37. The highest BCUT2D eigenvalue weighted by Crippen LogP contribution is 2.25. The summed E-state index contributed by atoms with van der Waals surface area (Å²) in [5, 5.41) is 3.30. The summed E-state index contributed by atoms with van der Waals surface area (Å²) < 4.78 is 0. The van der Waals surface area contributed by atoms with Crippen LogP contribution in [0.2, 0.25) is 0 Å². The lowest BCUT2D eigenvalue weighted by molar-refractivity contribution is 1.02. The van der Waals surface area contributed by atoms with E-state index in [0.29, 0.717) is 0 Å². The van der Waals surface area contributed by atoms with E-state index < -0.39 is 0 Å². The maximum atomic E-state index is 3.30. The largest absolute Gasteiger partial charge is 0.375 e. The maximum absolute atomic E-state index is 3.30. The lowest BCUT2D eigenvalue weighted by atomic mass is 10.3. The van der Waals surface area contributed by atoms with Gasteiger partial charge in [0.05, 0.1) is 5.88 Å². The molecule has 0 bridgehead atoms. The average Bonchev–Trinajstić information content (AvgIpc) is 2.39. The second kappa shape index (κ2) is 4.29. The lowest BCUT2D eigenvalue weighted by Crippen LogP contribution is -2.03. The van der Waals surface area contributed by atoms with Gasteiger partial charge in [-0.2, -0.15) is 0 Å². The van der Waals surface area contributed by atoms with Gasteiger partial charge in [0.25, 0.3) is 0 Å². The highest BCUT2D eigenvalue weighted by molar-refractivity contribution is 8.03. The molecule has 0 saturated heterocycles. The van der Waals surface area contributed by atoms with E-state index in [9.17, 15) is 0 Å². The molecular formula is C9H13NS. The van der Waals surface area contributed by atoms with Crippen molar-refractivity contribution in [1.82, 2.24) is 5.32 Å². The van der Waals surface area contributed by atoms with E-state index in [1.807, 2.05) is 25.6 Å². The molecule has 1 aliphatic heterocycles. The third-order valence-corrected chi connectivity index (χ3v) is 2.36. The minimum atomic E-state index is 0.999. The van der Waals surface area contributed by atoms with Gasteiger partial charge in [0.2, 0.25) is 0 Å². The Kier molecular flexibility index (Phi) is 3.30. The Morgan fingerprint density at radius 2 is 2.00 bits per heavy atom. The van der Waals surface area contributed by atoms with Gasteiger partial charge in [0.15, 0.2) is 0 Å². The molecule has 0 aromatic heterocycles. The Hall–Kier alpha value is -0.630. The molecule has 0 radical (unpaired) electrons. The van der Waals surface area contributed by atoms with Crippen LogP contribution in [0.4, 0.5) is 0 Å². The Morgan fingerprint density at radius 1 is 1.27 bits per heavy atom. The van der Waals surface area contributed by atoms with Crippen LogP contribution in [0.25, 0.3) is 0 Å². The zero-order valence-corrected chi connectivity index (χ0v) is 7.74. The summed E-state index contributed by atoms with van der Waals surface area (Å²) in [4.78, 5) is 1.34. The van der Waals surface area contributed by atoms with Crippen molar-refractivity contribution in [3.63, 3.8) is 0 Å². The van der Waals surface area contributed by atoms with Crippen molar-refractivity contribution in [2.75, 3.05) is 5.88 Å². The number of hydrogen-bond acceptors (Lipinski definition) is 2. The number of nitrogens with one attached hydrogen (secondary N) is 1. The van der Waals surface area contributed by atoms with Crippen LogP contribution in [0.5, 0.6) is 0 Å². The van der Waals surface area contributed by atoms with E-state index in [2.05, 4.69) is 29.6 Å². The van der Waals surface area contributed by atoms with E-state index in [1.54, 1.807) is 0 Å². The molecule has 0 aromatic rings. The first-order valence-electron chi connectivity index (χ1n) is 3.75. The summed E-state index contributed by atoms with van der Waals surface area (Å²) in [6.45, 7) is 4.07. The number of allylic oxidation sites excluding steroid dienone is 4. The highest BCUT2D eigenvalue weighted by Gasteiger charge is 2.07. The monoisotopic (exact) mass is 167 g/mol. The molecule has 1 nitrogen and oxygen atoms in total. The fraction of sp³-hybridized carbons (Fsp3) is 0.333. The van der Waals surface area contributed by atoms with E-state index in [-0.39, 0.29) is 0 Å². The van der Waals surface area contributed by atoms with E-state index >= 15 is 0 Å². The second-order valence-electron chi connectivity index (χ2n) is 2.24. The molecule has 1 rings (SSSR count). The highest BCUT2D eigenvalue weighted by atomic mass is 32.2. The SMILES string of the molecule is C/C=C\C1=C(/C=C\C)SCN1. The van der Waals surface area contributed by atoms with Crippen LogP contribution in [0.3, 0.4) is 0 Å². The number of rotatable bonds is 2. The normalized spacial score (nSPS) is 18.7. The van der Waals surface area contributed by atoms with Crippen LogP contribution >= 0.6 is 11.8 Å². The molecule has 0 unspecified atom stereocenters. The molecule has 60 valence electrons.